The number of β-amino-alcohol motifs (C(OH)–C–C–N with tert-alkyl or cyclic N) is 1. The molecule has 2 saturated heterocycles. The fourth-order valence-corrected chi connectivity index (χ4v) is 6.98. The van der Waals surface area contributed by atoms with E-state index in [-0.39, 0.29) is 12.6 Å². The monoisotopic (exact) mass is 441 g/mol. The second-order valence-electron chi connectivity index (χ2n) is 9.03. The Hall–Kier alpha value is -1.77. The summed E-state index contributed by atoms with van der Waals surface area (Å²) in [7, 11) is -3.57. The molecule has 0 radical (unpaired) electrons. The van der Waals surface area contributed by atoms with E-state index < -0.39 is 16.1 Å². The number of aliphatic hydroxyl groups is 1. The van der Waals surface area contributed by atoms with Gasteiger partial charge in [0.2, 0.25) is 10.0 Å². The van der Waals surface area contributed by atoms with Crippen LogP contribution < -0.4 is 0 Å². The van der Waals surface area contributed by atoms with Gasteiger partial charge >= 0.3 is 0 Å². The van der Waals surface area contributed by atoms with Crippen LogP contribution in [0.1, 0.15) is 17.5 Å². The molecule has 1 aliphatic carbocycles. The third-order valence-corrected chi connectivity index (χ3v) is 9.03. The maximum absolute atomic E-state index is 13.0. The molecule has 0 spiro atoms. The van der Waals surface area contributed by atoms with Gasteiger partial charge in [0.1, 0.15) is 0 Å². The van der Waals surface area contributed by atoms with Crippen LogP contribution in [0.3, 0.4) is 0 Å². The average Bonchev–Trinajstić information content (AvgIpc) is 3.31. The van der Waals surface area contributed by atoms with Gasteiger partial charge in [0, 0.05) is 32.2 Å². The molecule has 6 nitrogen and oxygen atoms in total. The van der Waals surface area contributed by atoms with Crippen LogP contribution in [0.5, 0.6) is 0 Å². The van der Waals surface area contributed by atoms with Crippen LogP contribution in [0.2, 0.25) is 0 Å². The van der Waals surface area contributed by atoms with Crippen molar-refractivity contribution in [2.24, 2.45) is 0 Å². The summed E-state index contributed by atoms with van der Waals surface area (Å²) in [6.07, 6.45) is 2.62. The zero-order chi connectivity index (χ0) is 21.4. The first-order chi connectivity index (χ1) is 15.0. The van der Waals surface area contributed by atoms with E-state index >= 15 is 0 Å². The average molecular weight is 442 g/mol. The first kappa shape index (κ1) is 21.1. The number of benzene rings is 2. The van der Waals surface area contributed by atoms with Gasteiger partial charge in [-0.05, 0) is 55.6 Å². The smallest absolute Gasteiger partial charge is 0.243 e. The van der Waals surface area contributed by atoms with Crippen LogP contribution in [0.25, 0.3) is 0 Å². The van der Waals surface area contributed by atoms with Crippen molar-refractivity contribution in [3.05, 3.63) is 65.7 Å². The molecule has 2 atom stereocenters. The molecular formula is C24H31N3O3S. The van der Waals surface area contributed by atoms with Crippen molar-refractivity contribution < 1.29 is 13.5 Å². The molecule has 0 amide bonds. The van der Waals surface area contributed by atoms with Crippen molar-refractivity contribution in [3.8, 4) is 0 Å². The molecule has 7 heteroatoms. The van der Waals surface area contributed by atoms with Gasteiger partial charge in [-0.25, -0.2) is 8.42 Å². The minimum absolute atomic E-state index is 0.140. The first-order valence-corrected chi connectivity index (χ1v) is 12.7. The fraction of sp³-hybridized carbons (Fsp3) is 0.500. The summed E-state index contributed by atoms with van der Waals surface area (Å²) in [5.74, 6) is 0. The summed E-state index contributed by atoms with van der Waals surface area (Å²) in [5, 5.41) is 10.7. The molecular weight excluding hydrogens is 410 g/mol. The predicted molar refractivity (Wildman–Crippen MR) is 120 cm³/mol. The van der Waals surface area contributed by atoms with Gasteiger partial charge in [-0.3, -0.25) is 9.80 Å². The normalized spacial score (nSPS) is 26.7. The summed E-state index contributed by atoms with van der Waals surface area (Å²) in [5.41, 5.74) is 2.95. The summed E-state index contributed by atoms with van der Waals surface area (Å²) < 4.78 is 27.4. The molecule has 2 aromatic rings. The second kappa shape index (κ2) is 8.64. The van der Waals surface area contributed by atoms with Gasteiger partial charge in [-0.2, -0.15) is 4.31 Å². The van der Waals surface area contributed by atoms with Gasteiger partial charge in [-0.1, -0.05) is 42.5 Å². The Morgan fingerprint density at radius 3 is 2.10 bits per heavy atom. The fourth-order valence-electron chi connectivity index (χ4n) is 5.48. The maximum Gasteiger partial charge on any atom is 0.243 e. The number of hydrogen-bond acceptors (Lipinski definition) is 5. The molecule has 2 fully saturated rings. The standard InChI is InChI=1S/C24H31N3O3S/c28-24-18-27(31(29,30)22-9-2-1-3-10-22)17-23(24)26-12-6-11-25(13-14-26)21-15-19-7-4-5-8-20(19)16-21/h1-5,7-10,21,23-24,28H,6,11-18H2/t23-,24-/m0/s1. The molecule has 31 heavy (non-hydrogen) atoms. The van der Waals surface area contributed by atoms with Crippen molar-refractivity contribution in [1.82, 2.24) is 14.1 Å². The lowest BCUT2D eigenvalue weighted by molar-refractivity contribution is 0.0837. The molecule has 0 aromatic heterocycles. The topological polar surface area (TPSA) is 64.1 Å². The van der Waals surface area contributed by atoms with Gasteiger partial charge in [0.25, 0.3) is 0 Å². The van der Waals surface area contributed by atoms with E-state index in [4.69, 9.17) is 0 Å². The quantitative estimate of drug-likeness (QED) is 0.781. The Bertz CT molecular complexity index is 989. The number of rotatable bonds is 4. The summed E-state index contributed by atoms with van der Waals surface area (Å²) >= 11 is 0. The van der Waals surface area contributed by atoms with Crippen molar-refractivity contribution >= 4 is 10.0 Å². The largest absolute Gasteiger partial charge is 0.390 e. The van der Waals surface area contributed by atoms with E-state index in [0.29, 0.717) is 17.5 Å². The molecule has 1 N–H and O–H groups in total. The van der Waals surface area contributed by atoms with Crippen LogP contribution >= 0.6 is 0 Å². The van der Waals surface area contributed by atoms with E-state index in [2.05, 4.69) is 34.1 Å². The molecule has 2 aromatic carbocycles. The summed E-state index contributed by atoms with van der Waals surface area (Å²) in [4.78, 5) is 5.21. The third kappa shape index (κ3) is 4.17. The van der Waals surface area contributed by atoms with E-state index in [1.165, 1.54) is 15.4 Å². The van der Waals surface area contributed by atoms with E-state index in [1.54, 1.807) is 24.3 Å². The van der Waals surface area contributed by atoms with E-state index in [1.807, 2.05) is 6.07 Å². The van der Waals surface area contributed by atoms with Crippen molar-refractivity contribution in [2.45, 2.75) is 42.3 Å². The van der Waals surface area contributed by atoms with Crippen LogP contribution in [0.15, 0.2) is 59.5 Å². The molecule has 0 bridgehead atoms. The van der Waals surface area contributed by atoms with Gasteiger partial charge in [0.05, 0.1) is 17.0 Å². The minimum atomic E-state index is -3.57. The zero-order valence-corrected chi connectivity index (χ0v) is 18.6. The van der Waals surface area contributed by atoms with Gasteiger partial charge < -0.3 is 5.11 Å². The highest BCUT2D eigenvalue weighted by atomic mass is 32.2. The van der Waals surface area contributed by atoms with Crippen molar-refractivity contribution in [3.63, 3.8) is 0 Å². The van der Waals surface area contributed by atoms with Crippen molar-refractivity contribution in [1.29, 1.82) is 0 Å². The Balaban J connectivity index is 1.23. The van der Waals surface area contributed by atoms with E-state index in [9.17, 15) is 13.5 Å². The Morgan fingerprint density at radius 1 is 0.774 bits per heavy atom. The van der Waals surface area contributed by atoms with E-state index in [0.717, 1.165) is 45.4 Å². The summed E-state index contributed by atoms with van der Waals surface area (Å²) in [6.45, 7) is 4.32. The first-order valence-electron chi connectivity index (χ1n) is 11.3. The minimum Gasteiger partial charge on any atom is -0.390 e. The highest BCUT2D eigenvalue weighted by Gasteiger charge is 2.41. The predicted octanol–water partition coefficient (Wildman–Crippen LogP) is 1.60. The zero-order valence-electron chi connectivity index (χ0n) is 17.8. The SMILES string of the molecule is O=S(=O)(c1ccccc1)N1C[C@H](O)[C@@H](N2CCCN(C3Cc4ccccc4C3)CC2)C1. The number of fused-ring (bicyclic) bond motifs is 1. The van der Waals surface area contributed by atoms with Crippen LogP contribution in [0.4, 0.5) is 0 Å². The highest BCUT2D eigenvalue weighted by molar-refractivity contribution is 7.89. The highest BCUT2D eigenvalue weighted by Crippen LogP contribution is 2.28. The lowest BCUT2D eigenvalue weighted by atomic mass is 10.1. The maximum atomic E-state index is 13.0. The lowest BCUT2D eigenvalue weighted by Gasteiger charge is -2.30. The second-order valence-corrected chi connectivity index (χ2v) is 11.0. The number of aliphatic hydroxyl groups excluding tert-OH is 1. The lowest BCUT2D eigenvalue weighted by Crippen LogP contribution is -2.46. The molecule has 166 valence electrons. The molecule has 0 saturated carbocycles. The Morgan fingerprint density at radius 2 is 1.39 bits per heavy atom. The van der Waals surface area contributed by atoms with Crippen LogP contribution in [0, 0.1) is 0 Å². The number of nitrogens with zero attached hydrogens (tertiary/aromatic N) is 3. The Kier molecular flexibility index (Phi) is 5.88. The van der Waals surface area contributed by atoms with Gasteiger partial charge in [-0.15, -0.1) is 0 Å². The van der Waals surface area contributed by atoms with Crippen LogP contribution in [-0.4, -0.2) is 85.1 Å². The molecule has 2 aliphatic heterocycles. The summed E-state index contributed by atoms with van der Waals surface area (Å²) in [6, 6.07) is 17.7. The molecule has 0 unspecified atom stereocenters. The van der Waals surface area contributed by atoms with Crippen LogP contribution in [-0.2, 0) is 22.9 Å². The molecule has 3 aliphatic rings. The molecule has 2 heterocycles. The Labute approximate surface area is 185 Å². The molecule has 5 rings (SSSR count). The number of hydrogen-bond donors (Lipinski definition) is 1. The number of sulfonamides is 1. The van der Waals surface area contributed by atoms with Gasteiger partial charge in [0.15, 0.2) is 0 Å². The van der Waals surface area contributed by atoms with Crippen molar-refractivity contribution in [2.75, 3.05) is 39.3 Å². The third-order valence-electron chi connectivity index (χ3n) is 7.19.